The van der Waals surface area contributed by atoms with E-state index in [1.165, 1.54) is 5.69 Å². The molecule has 1 aliphatic rings. The largest absolute Gasteiger partial charge is 0.389 e. The van der Waals surface area contributed by atoms with E-state index in [9.17, 15) is 5.11 Å². The third-order valence-electron chi connectivity index (χ3n) is 3.41. The summed E-state index contributed by atoms with van der Waals surface area (Å²) in [7, 11) is 1.93. The predicted octanol–water partition coefficient (Wildman–Crippen LogP) is -0.0605. The number of nitrogens with zero attached hydrogens (tertiary/aromatic N) is 4. The number of hydrogen-bond acceptors (Lipinski definition) is 5. The van der Waals surface area contributed by atoms with Crippen molar-refractivity contribution in [2.24, 2.45) is 7.05 Å². The molecule has 1 aliphatic heterocycles. The van der Waals surface area contributed by atoms with Crippen LogP contribution >= 0.6 is 0 Å². The zero-order chi connectivity index (χ0) is 13.7. The number of rotatable bonds is 6. The van der Waals surface area contributed by atoms with Gasteiger partial charge in [0.25, 0.3) is 0 Å². The summed E-state index contributed by atoms with van der Waals surface area (Å²) in [4.78, 5) is 4.62. The van der Waals surface area contributed by atoms with Crippen molar-refractivity contribution in [2.45, 2.75) is 13.0 Å². The molecule has 0 spiro atoms. The predicted molar refractivity (Wildman–Crippen MR) is 74.4 cm³/mol. The van der Waals surface area contributed by atoms with E-state index in [0.29, 0.717) is 19.8 Å². The van der Waals surface area contributed by atoms with Gasteiger partial charge in [0.05, 0.1) is 24.6 Å². The van der Waals surface area contributed by atoms with Crippen LogP contribution in [0.2, 0.25) is 0 Å². The standard InChI is InChI=1S/C13H24N4O2/c1-3-19-11-13(18)10-16-4-6-17(7-5-16)12-8-14-15(2)9-12/h8-9,13,18H,3-7,10-11H2,1-2H3. The molecule has 6 heteroatoms. The first-order valence-corrected chi connectivity index (χ1v) is 6.90. The van der Waals surface area contributed by atoms with Crippen molar-refractivity contribution in [3.8, 4) is 0 Å². The smallest absolute Gasteiger partial charge is 0.0900 e. The highest BCUT2D eigenvalue weighted by molar-refractivity contribution is 5.42. The second-order valence-electron chi connectivity index (χ2n) is 4.97. The summed E-state index contributed by atoms with van der Waals surface area (Å²) < 4.78 is 7.06. The lowest BCUT2D eigenvalue weighted by atomic mass is 10.2. The highest BCUT2D eigenvalue weighted by atomic mass is 16.5. The van der Waals surface area contributed by atoms with Gasteiger partial charge in [-0.2, -0.15) is 5.10 Å². The monoisotopic (exact) mass is 268 g/mol. The Bertz CT molecular complexity index is 374. The van der Waals surface area contributed by atoms with Crippen molar-refractivity contribution >= 4 is 5.69 Å². The van der Waals surface area contributed by atoms with Gasteiger partial charge in [0.2, 0.25) is 0 Å². The minimum absolute atomic E-state index is 0.384. The number of aliphatic hydroxyl groups excluding tert-OH is 1. The van der Waals surface area contributed by atoms with Crippen molar-refractivity contribution in [3.63, 3.8) is 0 Å². The third-order valence-corrected chi connectivity index (χ3v) is 3.41. The zero-order valence-corrected chi connectivity index (χ0v) is 11.8. The van der Waals surface area contributed by atoms with Gasteiger partial charge in [-0.15, -0.1) is 0 Å². The molecule has 108 valence electrons. The van der Waals surface area contributed by atoms with Gasteiger partial charge in [-0.25, -0.2) is 0 Å². The quantitative estimate of drug-likeness (QED) is 0.783. The molecule has 1 aromatic rings. The van der Waals surface area contributed by atoms with Crippen molar-refractivity contribution in [1.29, 1.82) is 0 Å². The number of aliphatic hydroxyl groups is 1. The fraction of sp³-hybridized carbons (Fsp3) is 0.769. The average Bonchev–Trinajstić information content (AvgIpc) is 2.84. The first-order chi connectivity index (χ1) is 9.19. The zero-order valence-electron chi connectivity index (χ0n) is 11.8. The van der Waals surface area contributed by atoms with Crippen LogP contribution in [0.25, 0.3) is 0 Å². The van der Waals surface area contributed by atoms with E-state index >= 15 is 0 Å². The summed E-state index contributed by atoms with van der Waals surface area (Å²) in [6.07, 6.45) is 3.56. The van der Waals surface area contributed by atoms with Crippen LogP contribution in [0.5, 0.6) is 0 Å². The van der Waals surface area contributed by atoms with Gasteiger partial charge in [0.1, 0.15) is 0 Å². The number of aryl methyl sites for hydroxylation is 1. The molecule has 0 amide bonds. The summed E-state index contributed by atoms with van der Waals surface area (Å²) in [5.74, 6) is 0. The molecule has 0 bridgehead atoms. The van der Waals surface area contributed by atoms with Gasteiger partial charge in [0, 0.05) is 52.6 Å². The highest BCUT2D eigenvalue weighted by Crippen LogP contribution is 2.14. The Labute approximate surface area is 114 Å². The number of hydrogen-bond donors (Lipinski definition) is 1. The molecular weight excluding hydrogens is 244 g/mol. The minimum Gasteiger partial charge on any atom is -0.389 e. The fourth-order valence-electron chi connectivity index (χ4n) is 2.36. The molecule has 2 rings (SSSR count). The third kappa shape index (κ3) is 4.19. The van der Waals surface area contributed by atoms with E-state index in [-0.39, 0.29) is 6.10 Å². The van der Waals surface area contributed by atoms with Crippen LogP contribution < -0.4 is 4.90 Å². The molecule has 19 heavy (non-hydrogen) atoms. The molecule has 1 atom stereocenters. The Morgan fingerprint density at radius 1 is 1.37 bits per heavy atom. The lowest BCUT2D eigenvalue weighted by Crippen LogP contribution is -2.49. The normalized spacial score (nSPS) is 18.8. The van der Waals surface area contributed by atoms with Gasteiger partial charge in [-0.05, 0) is 6.92 Å². The number of ether oxygens (including phenoxy) is 1. The first kappa shape index (κ1) is 14.3. The van der Waals surface area contributed by atoms with E-state index in [4.69, 9.17) is 4.74 Å². The molecule has 1 aromatic heterocycles. The van der Waals surface area contributed by atoms with Crippen LogP contribution in [0.15, 0.2) is 12.4 Å². The molecule has 0 aliphatic carbocycles. The number of anilines is 1. The van der Waals surface area contributed by atoms with E-state index in [0.717, 1.165) is 26.2 Å². The fourth-order valence-corrected chi connectivity index (χ4v) is 2.36. The van der Waals surface area contributed by atoms with Crippen LogP contribution in [0.1, 0.15) is 6.92 Å². The van der Waals surface area contributed by atoms with Crippen LogP contribution in [0.3, 0.4) is 0 Å². The van der Waals surface area contributed by atoms with Crippen molar-refractivity contribution in [2.75, 3.05) is 50.8 Å². The Morgan fingerprint density at radius 2 is 2.11 bits per heavy atom. The number of aromatic nitrogens is 2. The summed E-state index contributed by atoms with van der Waals surface area (Å²) in [6.45, 7) is 7.63. The maximum absolute atomic E-state index is 9.83. The molecule has 1 unspecified atom stereocenters. The Hall–Kier alpha value is -1.11. The average molecular weight is 268 g/mol. The van der Waals surface area contributed by atoms with Gasteiger partial charge in [-0.3, -0.25) is 9.58 Å². The second-order valence-corrected chi connectivity index (χ2v) is 4.97. The van der Waals surface area contributed by atoms with Crippen molar-refractivity contribution in [3.05, 3.63) is 12.4 Å². The first-order valence-electron chi connectivity index (χ1n) is 6.90. The van der Waals surface area contributed by atoms with E-state index in [1.54, 1.807) is 0 Å². The summed E-state index contributed by atoms with van der Waals surface area (Å²) in [6, 6.07) is 0. The molecule has 0 radical (unpaired) electrons. The summed E-state index contributed by atoms with van der Waals surface area (Å²) in [5.41, 5.74) is 1.18. The second kappa shape index (κ2) is 6.88. The lowest BCUT2D eigenvalue weighted by molar-refractivity contribution is 0.0202. The number of piperazine rings is 1. The summed E-state index contributed by atoms with van der Waals surface area (Å²) >= 11 is 0. The molecule has 1 N–H and O–H groups in total. The number of β-amino-alcohol motifs (C(OH)–C–C–N with tert-alkyl or cyclic N) is 1. The molecular formula is C13H24N4O2. The molecule has 1 fully saturated rings. The Kier molecular flexibility index (Phi) is 5.18. The molecule has 1 saturated heterocycles. The van der Waals surface area contributed by atoms with E-state index < -0.39 is 0 Å². The van der Waals surface area contributed by atoms with E-state index in [1.807, 2.05) is 31.0 Å². The molecule has 0 saturated carbocycles. The van der Waals surface area contributed by atoms with Gasteiger partial charge in [0.15, 0.2) is 0 Å². The summed E-state index contributed by atoms with van der Waals surface area (Å²) in [5, 5.41) is 14.0. The van der Waals surface area contributed by atoms with Gasteiger partial charge in [-0.1, -0.05) is 0 Å². The van der Waals surface area contributed by atoms with Gasteiger partial charge < -0.3 is 14.7 Å². The van der Waals surface area contributed by atoms with Crippen LogP contribution in [-0.2, 0) is 11.8 Å². The Balaban J connectivity index is 1.73. The molecule has 2 heterocycles. The minimum atomic E-state index is -0.384. The van der Waals surface area contributed by atoms with Crippen LogP contribution in [-0.4, -0.2) is 71.8 Å². The molecule has 0 aromatic carbocycles. The van der Waals surface area contributed by atoms with Crippen molar-refractivity contribution in [1.82, 2.24) is 14.7 Å². The lowest BCUT2D eigenvalue weighted by Gasteiger charge is -2.36. The Morgan fingerprint density at radius 3 is 2.68 bits per heavy atom. The maximum atomic E-state index is 9.83. The maximum Gasteiger partial charge on any atom is 0.0900 e. The van der Waals surface area contributed by atoms with E-state index in [2.05, 4.69) is 14.9 Å². The molecule has 6 nitrogen and oxygen atoms in total. The van der Waals surface area contributed by atoms with Gasteiger partial charge >= 0.3 is 0 Å². The SMILES string of the molecule is CCOCC(O)CN1CCN(c2cnn(C)c2)CC1. The van der Waals surface area contributed by atoms with Crippen LogP contribution in [0.4, 0.5) is 5.69 Å². The van der Waals surface area contributed by atoms with Crippen LogP contribution in [0, 0.1) is 0 Å². The van der Waals surface area contributed by atoms with Crippen molar-refractivity contribution < 1.29 is 9.84 Å². The topological polar surface area (TPSA) is 53.8 Å². The highest BCUT2D eigenvalue weighted by Gasteiger charge is 2.20.